The van der Waals surface area contributed by atoms with Crippen molar-refractivity contribution in [3.8, 4) is 11.5 Å². The molecule has 1 aromatic carbocycles. The Morgan fingerprint density at radius 1 is 1.10 bits per heavy atom. The Hall–Kier alpha value is -1.22. The summed E-state index contributed by atoms with van der Waals surface area (Å²) in [5.74, 6) is 2.52. The highest BCUT2D eigenvalue weighted by atomic mass is 16.5. The first-order valence-electron chi connectivity index (χ1n) is 8.43. The van der Waals surface area contributed by atoms with Crippen molar-refractivity contribution in [3.63, 3.8) is 0 Å². The Balaban J connectivity index is 2.05. The van der Waals surface area contributed by atoms with Gasteiger partial charge in [-0.25, -0.2) is 0 Å². The lowest BCUT2D eigenvalue weighted by molar-refractivity contribution is 0.197. The molecular weight excluding hydrogens is 262 g/mol. The maximum absolute atomic E-state index is 6.19. The average molecular weight is 291 g/mol. The van der Waals surface area contributed by atoms with Gasteiger partial charge in [0.15, 0.2) is 11.5 Å². The first-order valence-corrected chi connectivity index (χ1v) is 8.43. The van der Waals surface area contributed by atoms with E-state index in [1.807, 2.05) is 19.1 Å². The van der Waals surface area contributed by atoms with Crippen molar-refractivity contribution >= 4 is 0 Å². The van der Waals surface area contributed by atoms with Gasteiger partial charge in [-0.3, -0.25) is 0 Å². The second-order valence-corrected chi connectivity index (χ2v) is 5.77. The number of para-hydroxylation sites is 1. The summed E-state index contributed by atoms with van der Waals surface area (Å²) in [4.78, 5) is 0. The summed E-state index contributed by atoms with van der Waals surface area (Å²) in [6.45, 7) is 7.42. The van der Waals surface area contributed by atoms with Gasteiger partial charge >= 0.3 is 0 Å². The minimum absolute atomic E-state index is 0.671. The van der Waals surface area contributed by atoms with E-state index < -0.39 is 0 Å². The van der Waals surface area contributed by atoms with Gasteiger partial charge < -0.3 is 14.8 Å². The van der Waals surface area contributed by atoms with Crippen LogP contribution in [0.2, 0.25) is 0 Å². The van der Waals surface area contributed by atoms with Crippen molar-refractivity contribution in [2.45, 2.75) is 52.5 Å². The monoisotopic (exact) mass is 291 g/mol. The zero-order chi connectivity index (χ0) is 14.9. The number of hydrogen-bond donors (Lipinski definition) is 1. The van der Waals surface area contributed by atoms with Gasteiger partial charge in [-0.05, 0) is 38.3 Å². The minimum Gasteiger partial charge on any atom is -0.490 e. The lowest BCUT2D eigenvalue weighted by atomic mass is 9.90. The standard InChI is InChI=1S/C18H29NO2/c1-3-19-13-16-11-8-12-17(20-4-2)18(16)21-14-15-9-6-5-7-10-15/h8,11-12,15,19H,3-7,9-10,13-14H2,1-2H3. The third kappa shape index (κ3) is 4.92. The largest absolute Gasteiger partial charge is 0.490 e. The molecule has 21 heavy (non-hydrogen) atoms. The van der Waals surface area contributed by atoms with Crippen LogP contribution in [0.15, 0.2) is 18.2 Å². The quantitative estimate of drug-likeness (QED) is 0.780. The Bertz CT molecular complexity index is 414. The normalized spacial score (nSPS) is 15.9. The summed E-state index contributed by atoms with van der Waals surface area (Å²) in [6, 6.07) is 6.18. The molecule has 1 N–H and O–H groups in total. The molecule has 0 amide bonds. The van der Waals surface area contributed by atoms with Crippen molar-refractivity contribution < 1.29 is 9.47 Å². The van der Waals surface area contributed by atoms with Crippen molar-refractivity contribution in [3.05, 3.63) is 23.8 Å². The number of ether oxygens (including phenoxy) is 2. The summed E-state index contributed by atoms with van der Waals surface area (Å²) in [7, 11) is 0. The number of nitrogens with one attached hydrogen (secondary N) is 1. The van der Waals surface area contributed by atoms with E-state index in [4.69, 9.17) is 9.47 Å². The van der Waals surface area contributed by atoms with Crippen LogP contribution in [-0.4, -0.2) is 19.8 Å². The van der Waals surface area contributed by atoms with Gasteiger partial charge in [0.25, 0.3) is 0 Å². The van der Waals surface area contributed by atoms with Gasteiger partial charge in [0, 0.05) is 12.1 Å². The molecule has 0 unspecified atom stereocenters. The smallest absolute Gasteiger partial charge is 0.165 e. The highest BCUT2D eigenvalue weighted by Crippen LogP contribution is 2.33. The maximum Gasteiger partial charge on any atom is 0.165 e. The second-order valence-electron chi connectivity index (χ2n) is 5.77. The maximum atomic E-state index is 6.19. The molecule has 118 valence electrons. The van der Waals surface area contributed by atoms with Crippen LogP contribution in [0.1, 0.15) is 51.5 Å². The molecular formula is C18H29NO2. The molecule has 0 saturated heterocycles. The molecule has 0 atom stereocenters. The van der Waals surface area contributed by atoms with Crippen LogP contribution in [0.5, 0.6) is 11.5 Å². The Morgan fingerprint density at radius 3 is 2.62 bits per heavy atom. The van der Waals surface area contributed by atoms with Crippen molar-refractivity contribution in [1.82, 2.24) is 5.32 Å². The third-order valence-electron chi connectivity index (χ3n) is 4.11. The predicted molar refractivity (Wildman–Crippen MR) is 87.1 cm³/mol. The van der Waals surface area contributed by atoms with Crippen LogP contribution in [-0.2, 0) is 6.54 Å². The molecule has 0 aromatic heterocycles. The van der Waals surface area contributed by atoms with E-state index in [9.17, 15) is 0 Å². The van der Waals surface area contributed by atoms with Crippen LogP contribution in [0.25, 0.3) is 0 Å². The summed E-state index contributed by atoms with van der Waals surface area (Å²) < 4.78 is 11.9. The predicted octanol–water partition coefficient (Wildman–Crippen LogP) is 4.15. The van der Waals surface area contributed by atoms with Gasteiger partial charge in [0.2, 0.25) is 0 Å². The van der Waals surface area contributed by atoms with Gasteiger partial charge in [-0.1, -0.05) is 38.3 Å². The van der Waals surface area contributed by atoms with Gasteiger partial charge in [0.05, 0.1) is 13.2 Å². The molecule has 3 nitrogen and oxygen atoms in total. The van der Waals surface area contributed by atoms with Gasteiger partial charge in [-0.2, -0.15) is 0 Å². The number of benzene rings is 1. The molecule has 0 heterocycles. The van der Waals surface area contributed by atoms with E-state index in [1.165, 1.54) is 37.7 Å². The van der Waals surface area contributed by atoms with Crippen molar-refractivity contribution in [1.29, 1.82) is 0 Å². The first-order chi connectivity index (χ1) is 10.3. The molecule has 0 radical (unpaired) electrons. The van der Waals surface area contributed by atoms with E-state index >= 15 is 0 Å². The molecule has 0 bridgehead atoms. The fourth-order valence-corrected chi connectivity index (χ4v) is 2.95. The molecule has 1 saturated carbocycles. The Kier molecular flexibility index (Phi) is 6.87. The molecule has 0 spiro atoms. The van der Waals surface area contributed by atoms with Crippen molar-refractivity contribution in [2.75, 3.05) is 19.8 Å². The summed E-state index contributed by atoms with van der Waals surface area (Å²) in [6.07, 6.45) is 6.70. The fourth-order valence-electron chi connectivity index (χ4n) is 2.95. The topological polar surface area (TPSA) is 30.5 Å². The van der Waals surface area contributed by atoms with Crippen LogP contribution < -0.4 is 14.8 Å². The summed E-state index contributed by atoms with van der Waals surface area (Å²) in [5, 5.41) is 3.38. The minimum atomic E-state index is 0.671. The zero-order valence-corrected chi connectivity index (χ0v) is 13.5. The lowest BCUT2D eigenvalue weighted by Gasteiger charge is -2.23. The molecule has 1 aromatic rings. The highest BCUT2D eigenvalue weighted by Gasteiger charge is 2.17. The zero-order valence-electron chi connectivity index (χ0n) is 13.5. The SMILES string of the molecule is CCNCc1cccc(OCC)c1OCC1CCCCC1. The summed E-state index contributed by atoms with van der Waals surface area (Å²) >= 11 is 0. The number of hydrogen-bond acceptors (Lipinski definition) is 3. The summed E-state index contributed by atoms with van der Waals surface area (Å²) in [5.41, 5.74) is 1.19. The van der Waals surface area contributed by atoms with E-state index in [1.54, 1.807) is 0 Å². The van der Waals surface area contributed by atoms with E-state index in [2.05, 4.69) is 18.3 Å². The third-order valence-corrected chi connectivity index (χ3v) is 4.11. The average Bonchev–Trinajstić information content (AvgIpc) is 2.53. The van der Waals surface area contributed by atoms with Gasteiger partial charge in [-0.15, -0.1) is 0 Å². The first kappa shape index (κ1) is 16.2. The lowest BCUT2D eigenvalue weighted by Crippen LogP contribution is -2.18. The number of rotatable bonds is 8. The Morgan fingerprint density at radius 2 is 1.90 bits per heavy atom. The van der Waals surface area contributed by atoms with Crippen LogP contribution >= 0.6 is 0 Å². The van der Waals surface area contributed by atoms with Crippen molar-refractivity contribution in [2.24, 2.45) is 5.92 Å². The highest BCUT2D eigenvalue weighted by molar-refractivity contribution is 5.46. The van der Waals surface area contributed by atoms with Crippen LogP contribution in [0, 0.1) is 5.92 Å². The van der Waals surface area contributed by atoms with Crippen LogP contribution in [0.3, 0.4) is 0 Å². The molecule has 3 heteroatoms. The second kappa shape index (κ2) is 8.93. The molecule has 1 aliphatic rings. The van der Waals surface area contributed by atoms with E-state index in [0.29, 0.717) is 12.5 Å². The fraction of sp³-hybridized carbons (Fsp3) is 0.667. The van der Waals surface area contributed by atoms with Crippen LogP contribution in [0.4, 0.5) is 0 Å². The molecule has 1 fully saturated rings. The molecule has 1 aliphatic carbocycles. The molecule has 0 aliphatic heterocycles. The van der Waals surface area contributed by atoms with Gasteiger partial charge in [0.1, 0.15) is 0 Å². The molecule has 2 rings (SSSR count). The Labute approximate surface area is 129 Å². The van der Waals surface area contributed by atoms with E-state index in [-0.39, 0.29) is 0 Å². The van der Waals surface area contributed by atoms with E-state index in [0.717, 1.165) is 31.2 Å².